The lowest BCUT2D eigenvalue weighted by Gasteiger charge is -2.29. The van der Waals surface area contributed by atoms with Crippen LogP contribution in [0.25, 0.3) is 0 Å². The zero-order valence-corrected chi connectivity index (χ0v) is 16.0. The molecule has 1 aromatic carbocycles. The molecule has 6 nitrogen and oxygen atoms in total. The zero-order chi connectivity index (χ0) is 19.1. The van der Waals surface area contributed by atoms with Crippen LogP contribution in [0, 0.1) is 11.8 Å². The highest BCUT2D eigenvalue weighted by Gasteiger charge is 2.55. The van der Waals surface area contributed by atoms with Crippen LogP contribution in [0.15, 0.2) is 47.4 Å². The molecule has 0 spiro atoms. The summed E-state index contributed by atoms with van der Waals surface area (Å²) >= 11 is 0. The fourth-order valence-electron chi connectivity index (χ4n) is 3.95. The number of sulfone groups is 1. The third-order valence-corrected chi connectivity index (χ3v) is 7.31. The number of esters is 1. The summed E-state index contributed by atoms with van der Waals surface area (Å²) in [4.78, 5) is 12.6. The SMILES string of the molecule is C=C1C[C@@H](C(=O)OC)[C@H]([C@H]2COC(C)(C)O2)[C@H]1S(=O)(=O)c1ccccc1. The molecule has 1 aliphatic carbocycles. The van der Waals surface area contributed by atoms with Gasteiger partial charge >= 0.3 is 5.97 Å². The Morgan fingerprint density at radius 1 is 1.27 bits per heavy atom. The van der Waals surface area contributed by atoms with Gasteiger partial charge in [-0.2, -0.15) is 0 Å². The molecule has 1 saturated carbocycles. The molecule has 142 valence electrons. The number of hydrogen-bond acceptors (Lipinski definition) is 6. The minimum absolute atomic E-state index is 0.208. The van der Waals surface area contributed by atoms with E-state index in [1.807, 2.05) is 0 Å². The van der Waals surface area contributed by atoms with E-state index < -0.39 is 44.8 Å². The normalized spacial score (nSPS) is 31.1. The summed E-state index contributed by atoms with van der Waals surface area (Å²) in [5, 5.41) is -0.920. The van der Waals surface area contributed by atoms with Gasteiger partial charge in [0, 0.05) is 5.92 Å². The monoisotopic (exact) mass is 380 g/mol. The number of methoxy groups -OCH3 is 1. The van der Waals surface area contributed by atoms with Gasteiger partial charge in [0.2, 0.25) is 0 Å². The Hall–Kier alpha value is -1.70. The van der Waals surface area contributed by atoms with Gasteiger partial charge in [-0.05, 0) is 32.4 Å². The standard InChI is InChI=1S/C19H24O6S/c1-12-10-14(18(20)23-4)16(15-11-24-19(2,3)25-15)17(12)26(21,22)13-8-6-5-7-9-13/h5-9,14-17H,1,10-11H2,2-4H3/t14-,15-,16-,17+/m1/s1. The predicted molar refractivity (Wildman–Crippen MR) is 95.1 cm³/mol. The Labute approximate surface area is 154 Å². The van der Waals surface area contributed by atoms with Crippen molar-refractivity contribution in [1.82, 2.24) is 0 Å². The number of carbonyl (C=O) groups excluding carboxylic acids is 1. The van der Waals surface area contributed by atoms with Crippen LogP contribution in [0.2, 0.25) is 0 Å². The summed E-state index contributed by atoms with van der Waals surface area (Å²) in [6, 6.07) is 8.22. The molecule has 7 heteroatoms. The maximum Gasteiger partial charge on any atom is 0.309 e. The van der Waals surface area contributed by atoms with E-state index in [9.17, 15) is 13.2 Å². The van der Waals surface area contributed by atoms with Gasteiger partial charge in [-0.3, -0.25) is 4.79 Å². The van der Waals surface area contributed by atoms with Crippen molar-refractivity contribution in [3.63, 3.8) is 0 Å². The number of hydrogen-bond donors (Lipinski definition) is 0. The summed E-state index contributed by atoms with van der Waals surface area (Å²) < 4.78 is 43.1. The van der Waals surface area contributed by atoms with Crippen molar-refractivity contribution in [2.24, 2.45) is 11.8 Å². The van der Waals surface area contributed by atoms with Crippen molar-refractivity contribution in [3.05, 3.63) is 42.5 Å². The smallest absolute Gasteiger partial charge is 0.309 e. The van der Waals surface area contributed by atoms with Gasteiger partial charge in [-0.15, -0.1) is 0 Å². The van der Waals surface area contributed by atoms with Crippen molar-refractivity contribution in [3.8, 4) is 0 Å². The molecule has 2 fully saturated rings. The fraction of sp³-hybridized carbons (Fsp3) is 0.526. The van der Waals surface area contributed by atoms with E-state index in [-0.39, 0.29) is 17.9 Å². The lowest BCUT2D eigenvalue weighted by atomic mass is 9.90. The van der Waals surface area contributed by atoms with Crippen LogP contribution in [0.3, 0.4) is 0 Å². The van der Waals surface area contributed by atoms with E-state index in [1.54, 1.807) is 44.2 Å². The summed E-state index contributed by atoms with van der Waals surface area (Å²) in [5.41, 5.74) is 0.502. The highest BCUT2D eigenvalue weighted by Crippen LogP contribution is 2.47. The molecular weight excluding hydrogens is 356 g/mol. The molecule has 0 unspecified atom stereocenters. The molecule has 1 aromatic rings. The van der Waals surface area contributed by atoms with Gasteiger partial charge in [0.25, 0.3) is 0 Å². The van der Waals surface area contributed by atoms with E-state index in [1.165, 1.54) is 7.11 Å². The Morgan fingerprint density at radius 2 is 1.92 bits per heavy atom. The lowest BCUT2D eigenvalue weighted by Crippen LogP contribution is -2.41. The third kappa shape index (κ3) is 3.31. The molecule has 26 heavy (non-hydrogen) atoms. The van der Waals surface area contributed by atoms with Gasteiger partial charge in [-0.1, -0.05) is 30.4 Å². The summed E-state index contributed by atoms with van der Waals surface area (Å²) in [5.74, 6) is -2.51. The van der Waals surface area contributed by atoms with E-state index in [4.69, 9.17) is 14.2 Å². The highest BCUT2D eigenvalue weighted by molar-refractivity contribution is 7.92. The highest BCUT2D eigenvalue weighted by atomic mass is 32.2. The molecule has 3 rings (SSSR count). The average molecular weight is 380 g/mol. The van der Waals surface area contributed by atoms with E-state index in [0.717, 1.165) is 0 Å². The maximum atomic E-state index is 13.3. The fourth-order valence-corrected chi connectivity index (χ4v) is 6.10. The predicted octanol–water partition coefficient (Wildman–Crippen LogP) is 2.35. The average Bonchev–Trinajstić information content (AvgIpc) is 3.14. The van der Waals surface area contributed by atoms with Crippen LogP contribution < -0.4 is 0 Å². The van der Waals surface area contributed by atoms with Crippen LogP contribution in [-0.2, 0) is 28.8 Å². The van der Waals surface area contributed by atoms with Crippen molar-refractivity contribution in [2.45, 2.75) is 42.3 Å². The van der Waals surface area contributed by atoms with Gasteiger partial charge in [0.05, 0.1) is 35.9 Å². The molecule has 0 N–H and O–H groups in total. The molecule has 4 atom stereocenters. The number of benzene rings is 1. The van der Waals surface area contributed by atoms with Crippen LogP contribution in [0.4, 0.5) is 0 Å². The first kappa shape index (κ1) is 19.1. The zero-order valence-electron chi connectivity index (χ0n) is 15.2. The minimum atomic E-state index is -3.73. The molecule has 1 heterocycles. The summed E-state index contributed by atoms with van der Waals surface area (Å²) in [6.07, 6.45) is -0.272. The maximum absolute atomic E-state index is 13.3. The van der Waals surface area contributed by atoms with Gasteiger partial charge in [0.15, 0.2) is 15.6 Å². The molecule has 0 aromatic heterocycles. The minimum Gasteiger partial charge on any atom is -0.469 e. The Kier molecular flexibility index (Phi) is 4.98. The van der Waals surface area contributed by atoms with Crippen molar-refractivity contribution in [2.75, 3.05) is 13.7 Å². The largest absolute Gasteiger partial charge is 0.469 e. The first-order valence-electron chi connectivity index (χ1n) is 8.53. The van der Waals surface area contributed by atoms with Gasteiger partial charge in [0.1, 0.15) is 0 Å². The van der Waals surface area contributed by atoms with Crippen LogP contribution in [0.1, 0.15) is 20.3 Å². The molecule has 2 aliphatic rings. The van der Waals surface area contributed by atoms with Crippen LogP contribution in [0.5, 0.6) is 0 Å². The third-order valence-electron chi connectivity index (χ3n) is 5.07. The van der Waals surface area contributed by atoms with Crippen molar-refractivity contribution < 1.29 is 27.4 Å². The summed E-state index contributed by atoms with van der Waals surface area (Å²) in [6.45, 7) is 7.73. The van der Waals surface area contributed by atoms with Crippen LogP contribution >= 0.6 is 0 Å². The second kappa shape index (κ2) is 6.79. The molecule has 1 saturated heterocycles. The summed E-state index contributed by atoms with van der Waals surface area (Å²) in [7, 11) is -2.43. The lowest BCUT2D eigenvalue weighted by molar-refractivity contribution is -0.157. The van der Waals surface area contributed by atoms with Crippen molar-refractivity contribution in [1.29, 1.82) is 0 Å². The Balaban J connectivity index is 2.04. The van der Waals surface area contributed by atoms with Gasteiger partial charge < -0.3 is 14.2 Å². The van der Waals surface area contributed by atoms with E-state index >= 15 is 0 Å². The van der Waals surface area contributed by atoms with Crippen molar-refractivity contribution >= 4 is 15.8 Å². The van der Waals surface area contributed by atoms with E-state index in [2.05, 4.69) is 6.58 Å². The molecular formula is C19H24O6S. The molecule has 0 bridgehead atoms. The van der Waals surface area contributed by atoms with E-state index in [0.29, 0.717) is 5.57 Å². The van der Waals surface area contributed by atoms with Gasteiger partial charge in [-0.25, -0.2) is 8.42 Å². The number of rotatable bonds is 4. The Morgan fingerprint density at radius 3 is 2.46 bits per heavy atom. The number of ether oxygens (including phenoxy) is 3. The molecule has 1 aliphatic heterocycles. The Bertz CT molecular complexity index is 799. The molecule has 0 radical (unpaired) electrons. The second-order valence-electron chi connectivity index (χ2n) is 7.22. The second-order valence-corrected chi connectivity index (χ2v) is 9.28. The molecule has 0 amide bonds. The number of carbonyl (C=O) groups is 1. The first-order chi connectivity index (χ1) is 12.2. The first-order valence-corrected chi connectivity index (χ1v) is 10.1. The quantitative estimate of drug-likeness (QED) is 0.589. The topological polar surface area (TPSA) is 78.9 Å². The van der Waals surface area contributed by atoms with Crippen LogP contribution in [-0.4, -0.2) is 45.2 Å².